The number of rotatable bonds is 5. The third-order valence-electron chi connectivity index (χ3n) is 4.09. The standard InChI is InChI=1S/C20H18BrN3O4/c1-12-11-22-20(27)24(12)17-9-3-14(4-10-17)19(26)28-13(2)18(25)23-16-7-5-15(21)6-8-16/h3-11,13H,1-2H3,(H,22,27)(H,23,25). The summed E-state index contributed by atoms with van der Waals surface area (Å²) < 4.78 is 7.62. The van der Waals surface area contributed by atoms with Crippen molar-refractivity contribution in [3.63, 3.8) is 0 Å². The van der Waals surface area contributed by atoms with Gasteiger partial charge < -0.3 is 15.0 Å². The summed E-state index contributed by atoms with van der Waals surface area (Å²) in [5.41, 5.74) is 2.01. The van der Waals surface area contributed by atoms with E-state index in [1.54, 1.807) is 61.7 Å². The van der Waals surface area contributed by atoms with Gasteiger partial charge in [0.1, 0.15) is 0 Å². The first kappa shape index (κ1) is 19.6. The second-order valence-corrected chi connectivity index (χ2v) is 7.08. The minimum Gasteiger partial charge on any atom is -0.449 e. The lowest BCUT2D eigenvalue weighted by molar-refractivity contribution is -0.123. The summed E-state index contributed by atoms with van der Waals surface area (Å²) in [5, 5.41) is 2.69. The average Bonchev–Trinajstić information content (AvgIpc) is 3.02. The van der Waals surface area contributed by atoms with Gasteiger partial charge in [-0.15, -0.1) is 0 Å². The van der Waals surface area contributed by atoms with E-state index in [-0.39, 0.29) is 11.3 Å². The molecule has 0 saturated heterocycles. The molecule has 0 radical (unpaired) electrons. The van der Waals surface area contributed by atoms with Crippen LogP contribution in [0.4, 0.5) is 5.69 Å². The number of aryl methyl sites for hydroxylation is 1. The van der Waals surface area contributed by atoms with Gasteiger partial charge in [-0.2, -0.15) is 0 Å². The van der Waals surface area contributed by atoms with Crippen molar-refractivity contribution in [2.45, 2.75) is 20.0 Å². The molecule has 0 bridgehead atoms. The van der Waals surface area contributed by atoms with Crippen LogP contribution in [0.1, 0.15) is 23.0 Å². The highest BCUT2D eigenvalue weighted by Crippen LogP contribution is 2.15. The Morgan fingerprint density at radius 3 is 2.32 bits per heavy atom. The molecule has 1 heterocycles. The van der Waals surface area contributed by atoms with Crippen LogP contribution in [-0.2, 0) is 9.53 Å². The van der Waals surface area contributed by atoms with Gasteiger partial charge in [0.25, 0.3) is 5.91 Å². The van der Waals surface area contributed by atoms with Gasteiger partial charge in [-0.1, -0.05) is 15.9 Å². The fraction of sp³-hybridized carbons (Fsp3) is 0.150. The number of aromatic amines is 1. The highest BCUT2D eigenvalue weighted by atomic mass is 79.9. The minimum absolute atomic E-state index is 0.258. The molecule has 8 heteroatoms. The van der Waals surface area contributed by atoms with Crippen molar-refractivity contribution in [1.82, 2.24) is 9.55 Å². The summed E-state index contributed by atoms with van der Waals surface area (Å²) in [6.45, 7) is 3.30. The third kappa shape index (κ3) is 4.40. The van der Waals surface area contributed by atoms with Gasteiger partial charge in [-0.25, -0.2) is 9.59 Å². The molecule has 0 spiro atoms. The van der Waals surface area contributed by atoms with Gasteiger partial charge in [0.15, 0.2) is 6.10 Å². The number of esters is 1. The highest BCUT2D eigenvalue weighted by molar-refractivity contribution is 9.10. The van der Waals surface area contributed by atoms with E-state index in [0.29, 0.717) is 11.4 Å². The zero-order valence-electron chi connectivity index (χ0n) is 15.2. The Hall–Kier alpha value is -3.13. The molecule has 1 atom stereocenters. The van der Waals surface area contributed by atoms with Gasteiger partial charge >= 0.3 is 11.7 Å². The minimum atomic E-state index is -0.967. The number of carbonyl (C=O) groups excluding carboxylic acids is 2. The predicted octanol–water partition coefficient (Wildman–Crippen LogP) is 3.42. The zero-order valence-corrected chi connectivity index (χ0v) is 16.8. The number of carbonyl (C=O) groups is 2. The first-order valence-electron chi connectivity index (χ1n) is 8.50. The fourth-order valence-corrected chi connectivity index (χ4v) is 2.85. The molecule has 0 aliphatic carbocycles. The Labute approximate surface area is 169 Å². The smallest absolute Gasteiger partial charge is 0.338 e. The van der Waals surface area contributed by atoms with E-state index in [1.165, 1.54) is 11.5 Å². The van der Waals surface area contributed by atoms with Crippen LogP contribution in [0, 0.1) is 6.92 Å². The molecular formula is C20H18BrN3O4. The maximum absolute atomic E-state index is 12.3. The van der Waals surface area contributed by atoms with Crippen molar-refractivity contribution in [2.24, 2.45) is 0 Å². The van der Waals surface area contributed by atoms with E-state index in [0.717, 1.165) is 10.2 Å². The van der Waals surface area contributed by atoms with Crippen LogP contribution in [0.3, 0.4) is 0 Å². The molecule has 2 aromatic carbocycles. The van der Waals surface area contributed by atoms with Gasteiger partial charge in [0.2, 0.25) is 0 Å². The summed E-state index contributed by atoms with van der Waals surface area (Å²) in [5.74, 6) is -1.05. The lowest BCUT2D eigenvalue weighted by Crippen LogP contribution is -2.30. The Morgan fingerprint density at radius 2 is 1.75 bits per heavy atom. The third-order valence-corrected chi connectivity index (χ3v) is 4.62. The number of aromatic nitrogens is 2. The molecule has 1 unspecified atom stereocenters. The van der Waals surface area contributed by atoms with Crippen LogP contribution in [0.25, 0.3) is 5.69 Å². The van der Waals surface area contributed by atoms with Crippen LogP contribution in [0.5, 0.6) is 0 Å². The Bertz CT molecular complexity index is 1050. The number of anilines is 1. The van der Waals surface area contributed by atoms with Crippen LogP contribution in [-0.4, -0.2) is 27.5 Å². The molecule has 0 fully saturated rings. The normalized spacial score (nSPS) is 11.7. The quantitative estimate of drug-likeness (QED) is 0.590. The van der Waals surface area contributed by atoms with Crippen LogP contribution < -0.4 is 11.0 Å². The number of imidazole rings is 1. The number of hydrogen-bond acceptors (Lipinski definition) is 4. The largest absolute Gasteiger partial charge is 0.449 e. The second-order valence-electron chi connectivity index (χ2n) is 6.16. The summed E-state index contributed by atoms with van der Waals surface area (Å²) in [6, 6.07) is 13.5. The number of H-pyrrole nitrogens is 1. The Balaban J connectivity index is 1.64. The number of amides is 1. The molecule has 0 saturated carbocycles. The topological polar surface area (TPSA) is 93.2 Å². The average molecular weight is 444 g/mol. The number of nitrogens with one attached hydrogen (secondary N) is 2. The van der Waals surface area contributed by atoms with Crippen molar-refractivity contribution in [1.29, 1.82) is 0 Å². The monoisotopic (exact) mass is 443 g/mol. The van der Waals surface area contributed by atoms with E-state index in [1.807, 2.05) is 0 Å². The Kier molecular flexibility index (Phi) is 5.79. The van der Waals surface area contributed by atoms with Gasteiger partial charge in [0, 0.05) is 22.1 Å². The van der Waals surface area contributed by atoms with E-state index in [4.69, 9.17) is 4.74 Å². The molecule has 3 rings (SSSR count). The van der Waals surface area contributed by atoms with Crippen molar-refractivity contribution >= 4 is 33.5 Å². The van der Waals surface area contributed by atoms with Crippen molar-refractivity contribution in [3.05, 3.63) is 80.9 Å². The zero-order chi connectivity index (χ0) is 20.3. The van der Waals surface area contributed by atoms with Crippen LogP contribution in [0.2, 0.25) is 0 Å². The lowest BCUT2D eigenvalue weighted by Gasteiger charge is -2.14. The van der Waals surface area contributed by atoms with Gasteiger partial charge in [-0.3, -0.25) is 9.36 Å². The van der Waals surface area contributed by atoms with Crippen molar-refractivity contribution in [3.8, 4) is 5.69 Å². The number of nitrogens with zero attached hydrogens (tertiary/aromatic N) is 1. The fourth-order valence-electron chi connectivity index (χ4n) is 2.58. The maximum Gasteiger partial charge on any atom is 0.338 e. The molecule has 7 nitrogen and oxygen atoms in total. The Morgan fingerprint density at radius 1 is 1.11 bits per heavy atom. The molecule has 1 aromatic heterocycles. The summed E-state index contributed by atoms with van der Waals surface area (Å²) >= 11 is 3.32. The first-order chi connectivity index (χ1) is 13.3. The van der Waals surface area contributed by atoms with E-state index >= 15 is 0 Å². The molecule has 28 heavy (non-hydrogen) atoms. The molecule has 0 aliphatic heterocycles. The SMILES string of the molecule is Cc1c[nH]c(=O)n1-c1ccc(C(=O)OC(C)C(=O)Nc2ccc(Br)cc2)cc1. The predicted molar refractivity (Wildman–Crippen MR) is 109 cm³/mol. The summed E-state index contributed by atoms with van der Waals surface area (Å²) in [6.07, 6.45) is 0.640. The molecule has 1 amide bonds. The van der Waals surface area contributed by atoms with E-state index in [9.17, 15) is 14.4 Å². The van der Waals surface area contributed by atoms with Crippen LogP contribution >= 0.6 is 15.9 Å². The summed E-state index contributed by atoms with van der Waals surface area (Å²) in [4.78, 5) is 38.9. The van der Waals surface area contributed by atoms with Gasteiger partial charge in [0.05, 0.1) is 11.3 Å². The number of halogens is 1. The summed E-state index contributed by atoms with van der Waals surface area (Å²) in [7, 11) is 0. The second kappa shape index (κ2) is 8.26. The number of hydrogen-bond donors (Lipinski definition) is 2. The highest BCUT2D eigenvalue weighted by Gasteiger charge is 2.19. The van der Waals surface area contributed by atoms with Gasteiger partial charge in [-0.05, 0) is 62.4 Å². The molecular weight excluding hydrogens is 426 g/mol. The molecule has 2 N–H and O–H groups in total. The number of benzene rings is 2. The number of ether oxygens (including phenoxy) is 1. The van der Waals surface area contributed by atoms with Crippen molar-refractivity contribution in [2.75, 3.05) is 5.32 Å². The molecule has 3 aromatic rings. The van der Waals surface area contributed by atoms with Crippen LogP contribution in [0.15, 0.2) is 64.0 Å². The van der Waals surface area contributed by atoms with E-state index in [2.05, 4.69) is 26.2 Å². The lowest BCUT2D eigenvalue weighted by atomic mass is 10.2. The first-order valence-corrected chi connectivity index (χ1v) is 9.29. The van der Waals surface area contributed by atoms with Crippen molar-refractivity contribution < 1.29 is 14.3 Å². The maximum atomic E-state index is 12.3. The van der Waals surface area contributed by atoms with E-state index < -0.39 is 18.0 Å². The molecule has 0 aliphatic rings. The molecule has 144 valence electrons.